The van der Waals surface area contributed by atoms with Gasteiger partial charge in [-0.1, -0.05) is 12.1 Å². The number of carbonyl (C=O) groups excluding carboxylic acids is 1. The van der Waals surface area contributed by atoms with Crippen molar-refractivity contribution in [3.05, 3.63) is 62.1 Å². The maximum absolute atomic E-state index is 12.6. The molecule has 2 atom stereocenters. The van der Waals surface area contributed by atoms with Crippen molar-refractivity contribution in [2.75, 3.05) is 19.6 Å². The molecule has 3 rings (SSSR count). The van der Waals surface area contributed by atoms with Crippen molar-refractivity contribution in [3.63, 3.8) is 0 Å². The van der Waals surface area contributed by atoms with Crippen LogP contribution in [0.2, 0.25) is 0 Å². The Labute approximate surface area is 174 Å². The number of likely N-dealkylation sites (tertiary alicyclic amines) is 1. The van der Waals surface area contributed by atoms with E-state index in [1.807, 2.05) is 0 Å². The third-order valence-electron chi connectivity index (χ3n) is 5.67. The topological polar surface area (TPSA) is 112 Å². The molecule has 1 unspecified atom stereocenters. The Balaban J connectivity index is 1.72. The number of hydrogen-bond donors (Lipinski definition) is 2. The maximum Gasteiger partial charge on any atom is 0.294 e. The number of aryl methyl sites for hydroxylation is 1. The highest BCUT2D eigenvalue weighted by Crippen LogP contribution is 2.22. The zero-order valence-corrected chi connectivity index (χ0v) is 17.4. The molecule has 2 heterocycles. The first-order chi connectivity index (χ1) is 14.4. The van der Waals surface area contributed by atoms with E-state index in [4.69, 9.17) is 0 Å². The van der Waals surface area contributed by atoms with Gasteiger partial charge in [0.15, 0.2) is 5.69 Å². The van der Waals surface area contributed by atoms with E-state index in [0.29, 0.717) is 18.3 Å². The molecule has 1 aliphatic heterocycles. The predicted molar refractivity (Wildman–Crippen MR) is 112 cm³/mol. The van der Waals surface area contributed by atoms with Gasteiger partial charge in [-0.25, -0.2) is 4.68 Å². The lowest BCUT2D eigenvalue weighted by Crippen LogP contribution is -3.16. The Hall–Kier alpha value is -3.07. The highest BCUT2D eigenvalue weighted by Gasteiger charge is 2.22. The van der Waals surface area contributed by atoms with Crippen LogP contribution in [0, 0.1) is 17.0 Å². The molecule has 1 saturated heterocycles. The Bertz CT molecular complexity index is 988. The van der Waals surface area contributed by atoms with Gasteiger partial charge in [0.1, 0.15) is 5.69 Å². The van der Waals surface area contributed by atoms with Crippen molar-refractivity contribution in [1.82, 2.24) is 15.1 Å². The Morgan fingerprint density at radius 1 is 1.37 bits per heavy atom. The van der Waals surface area contributed by atoms with Gasteiger partial charge in [-0.15, -0.1) is 0 Å². The average molecular weight is 414 g/mol. The fourth-order valence-electron chi connectivity index (χ4n) is 3.97. The van der Waals surface area contributed by atoms with Crippen LogP contribution in [0.4, 0.5) is 5.69 Å². The smallest absolute Gasteiger partial charge is 0.294 e. The van der Waals surface area contributed by atoms with Crippen molar-refractivity contribution in [1.29, 1.82) is 0 Å². The van der Waals surface area contributed by atoms with E-state index in [-0.39, 0.29) is 17.1 Å². The number of nitro groups is 1. The van der Waals surface area contributed by atoms with Gasteiger partial charge in [0, 0.05) is 30.8 Å². The molecule has 0 radical (unpaired) electrons. The summed E-state index contributed by atoms with van der Waals surface area (Å²) in [6.45, 7) is 6.47. The number of carbonyl (C=O) groups is 1. The van der Waals surface area contributed by atoms with Crippen LogP contribution in [0.25, 0.3) is 5.69 Å². The van der Waals surface area contributed by atoms with E-state index in [1.165, 1.54) is 42.1 Å². The van der Waals surface area contributed by atoms with Crippen LogP contribution in [0.1, 0.15) is 48.8 Å². The number of nitrogens with one attached hydrogen (secondary N) is 2. The van der Waals surface area contributed by atoms with Gasteiger partial charge < -0.3 is 10.2 Å². The van der Waals surface area contributed by atoms with Crippen LogP contribution in [0.5, 0.6) is 0 Å². The minimum Gasteiger partial charge on any atom is -0.350 e. The number of rotatable bonds is 7. The molecular weight excluding hydrogens is 386 g/mol. The van der Waals surface area contributed by atoms with Gasteiger partial charge in [0.25, 0.3) is 11.6 Å². The van der Waals surface area contributed by atoms with Crippen LogP contribution in [-0.2, 0) is 0 Å². The summed E-state index contributed by atoms with van der Waals surface area (Å²) in [5, 5.41) is 18.3. The molecule has 2 aromatic rings. The number of amides is 1. The number of para-hydroxylation sites is 2. The molecule has 30 heavy (non-hydrogen) atoms. The van der Waals surface area contributed by atoms with Crippen LogP contribution in [-0.4, -0.2) is 46.3 Å². The molecule has 1 aromatic heterocycles. The molecule has 1 amide bonds. The summed E-state index contributed by atoms with van der Waals surface area (Å²) in [6, 6.07) is 8.01. The van der Waals surface area contributed by atoms with Crippen LogP contribution in [0.15, 0.2) is 35.1 Å². The lowest BCUT2D eigenvalue weighted by Gasteiger charge is -2.30. The molecule has 160 valence electrons. The summed E-state index contributed by atoms with van der Waals surface area (Å²) in [7, 11) is 0. The van der Waals surface area contributed by atoms with Crippen molar-refractivity contribution in [2.24, 2.45) is 0 Å². The second-order valence-corrected chi connectivity index (χ2v) is 7.82. The number of nitrogens with zero attached hydrogens (tertiary/aromatic N) is 3. The van der Waals surface area contributed by atoms with Crippen molar-refractivity contribution in [2.45, 2.75) is 45.6 Å². The molecule has 2 N–H and O–H groups in total. The predicted octanol–water partition coefficient (Wildman–Crippen LogP) is 1.03. The zero-order chi connectivity index (χ0) is 21.7. The van der Waals surface area contributed by atoms with Gasteiger partial charge >= 0.3 is 0 Å². The fourth-order valence-corrected chi connectivity index (χ4v) is 3.97. The molecule has 0 bridgehead atoms. The standard InChI is InChI=1S/C21H27N5O4/c1-15-8-5-6-12-24(15)13-7-11-22-21(28)20-19(27)14-16(2)25(23-20)17-9-3-4-10-18(17)26(29)30/h3-4,9-10,14-15H,5-8,11-13H2,1-2H3,(H,22,28)/p+1/t15-/m0/s1. The number of hydrogen-bond acceptors (Lipinski definition) is 5. The summed E-state index contributed by atoms with van der Waals surface area (Å²) in [5.41, 5.74) is -0.306. The summed E-state index contributed by atoms with van der Waals surface area (Å²) in [4.78, 5) is 37.3. The van der Waals surface area contributed by atoms with E-state index in [1.54, 1.807) is 24.0 Å². The minimum absolute atomic E-state index is 0.151. The third kappa shape index (κ3) is 4.91. The van der Waals surface area contributed by atoms with Gasteiger partial charge in [-0.05, 0) is 39.2 Å². The molecule has 9 heteroatoms. The maximum atomic E-state index is 12.6. The lowest BCUT2D eigenvalue weighted by atomic mass is 10.0. The van der Waals surface area contributed by atoms with Gasteiger partial charge in [0.2, 0.25) is 5.43 Å². The first-order valence-corrected chi connectivity index (χ1v) is 10.4. The van der Waals surface area contributed by atoms with Crippen molar-refractivity contribution >= 4 is 11.6 Å². The van der Waals surface area contributed by atoms with Gasteiger partial charge in [-0.3, -0.25) is 19.7 Å². The van der Waals surface area contributed by atoms with Gasteiger partial charge in [0.05, 0.1) is 24.1 Å². The normalized spacial score (nSPS) is 18.7. The van der Waals surface area contributed by atoms with E-state index in [9.17, 15) is 19.7 Å². The molecule has 0 spiro atoms. The van der Waals surface area contributed by atoms with Gasteiger partial charge in [-0.2, -0.15) is 5.10 Å². The molecular formula is C21H28N5O4+. The number of quaternary nitrogens is 1. The Morgan fingerprint density at radius 3 is 2.87 bits per heavy atom. The van der Waals surface area contributed by atoms with Crippen molar-refractivity contribution < 1.29 is 14.6 Å². The van der Waals surface area contributed by atoms with Crippen LogP contribution >= 0.6 is 0 Å². The summed E-state index contributed by atoms with van der Waals surface area (Å²) in [5.74, 6) is -0.561. The monoisotopic (exact) mass is 414 g/mol. The molecule has 1 aliphatic rings. The second kappa shape index (κ2) is 9.62. The van der Waals surface area contributed by atoms with E-state index in [2.05, 4.69) is 17.3 Å². The Kier molecular flexibility index (Phi) is 6.94. The average Bonchev–Trinajstić information content (AvgIpc) is 2.72. The SMILES string of the molecule is Cc1cc(=O)c(C(=O)NCCC[NH+]2CCCC[C@@H]2C)nn1-c1ccccc1[N+](=O)[O-]. The summed E-state index contributed by atoms with van der Waals surface area (Å²) < 4.78 is 1.27. The number of benzene rings is 1. The number of piperidine rings is 1. The highest BCUT2D eigenvalue weighted by molar-refractivity contribution is 5.92. The number of aromatic nitrogens is 2. The second-order valence-electron chi connectivity index (χ2n) is 7.82. The molecule has 0 aliphatic carbocycles. The number of nitro benzene ring substituents is 1. The van der Waals surface area contributed by atoms with E-state index >= 15 is 0 Å². The quantitative estimate of drug-likeness (QED) is 0.399. The van der Waals surface area contributed by atoms with Crippen LogP contribution in [0.3, 0.4) is 0 Å². The lowest BCUT2D eigenvalue weighted by molar-refractivity contribution is -0.928. The first kappa shape index (κ1) is 21.6. The zero-order valence-electron chi connectivity index (χ0n) is 17.4. The first-order valence-electron chi connectivity index (χ1n) is 10.4. The summed E-state index contributed by atoms with van der Waals surface area (Å²) >= 11 is 0. The van der Waals surface area contributed by atoms with Crippen LogP contribution < -0.4 is 15.6 Å². The van der Waals surface area contributed by atoms with E-state index in [0.717, 1.165) is 19.5 Å². The molecule has 9 nitrogen and oxygen atoms in total. The molecule has 0 saturated carbocycles. The minimum atomic E-state index is -0.561. The molecule has 1 aromatic carbocycles. The largest absolute Gasteiger partial charge is 0.350 e. The van der Waals surface area contributed by atoms with Crippen molar-refractivity contribution in [3.8, 4) is 5.69 Å². The Morgan fingerprint density at radius 2 is 2.13 bits per heavy atom. The summed E-state index contributed by atoms with van der Waals surface area (Å²) in [6.07, 6.45) is 4.58. The van der Waals surface area contributed by atoms with E-state index < -0.39 is 16.3 Å². The third-order valence-corrected chi connectivity index (χ3v) is 5.67. The fraction of sp³-hybridized carbons (Fsp3) is 0.476. The highest BCUT2D eigenvalue weighted by atomic mass is 16.6. The molecule has 1 fully saturated rings.